The molecule has 23 heavy (non-hydrogen) atoms. The van der Waals surface area contributed by atoms with Gasteiger partial charge in [0.25, 0.3) is 0 Å². The van der Waals surface area contributed by atoms with E-state index in [0.717, 1.165) is 18.6 Å². The zero-order valence-corrected chi connectivity index (χ0v) is 12.8. The zero-order valence-electron chi connectivity index (χ0n) is 12.8. The van der Waals surface area contributed by atoms with Crippen molar-refractivity contribution < 1.29 is 9.53 Å². The fourth-order valence-corrected chi connectivity index (χ4v) is 2.59. The SMILES string of the molecule is O=C(C=Cc1cnccn1)Nc1ccccc1OC1CCCC1. The third-order valence-corrected chi connectivity index (χ3v) is 3.73. The van der Waals surface area contributed by atoms with Crippen molar-refractivity contribution in [3.63, 3.8) is 0 Å². The normalized spacial score (nSPS) is 15.0. The number of hydrogen-bond acceptors (Lipinski definition) is 4. The van der Waals surface area contributed by atoms with Crippen molar-refractivity contribution in [3.05, 3.63) is 54.6 Å². The quantitative estimate of drug-likeness (QED) is 0.859. The monoisotopic (exact) mass is 309 g/mol. The maximum absolute atomic E-state index is 12.1. The molecular weight excluding hydrogens is 290 g/mol. The Labute approximate surface area is 135 Å². The molecular formula is C18H19N3O2. The van der Waals surface area contributed by atoms with Gasteiger partial charge in [-0.3, -0.25) is 14.8 Å². The van der Waals surface area contributed by atoms with Gasteiger partial charge in [0.15, 0.2) is 0 Å². The Kier molecular flexibility index (Phi) is 4.99. The Morgan fingerprint density at radius 3 is 2.83 bits per heavy atom. The average molecular weight is 309 g/mol. The minimum Gasteiger partial charge on any atom is -0.488 e. The van der Waals surface area contributed by atoms with Crippen molar-refractivity contribution in [2.24, 2.45) is 0 Å². The lowest BCUT2D eigenvalue weighted by molar-refractivity contribution is -0.111. The smallest absolute Gasteiger partial charge is 0.248 e. The topological polar surface area (TPSA) is 64.1 Å². The van der Waals surface area contributed by atoms with Gasteiger partial charge in [0.2, 0.25) is 5.91 Å². The van der Waals surface area contributed by atoms with Crippen LogP contribution in [0.3, 0.4) is 0 Å². The molecule has 1 fully saturated rings. The Morgan fingerprint density at radius 2 is 2.04 bits per heavy atom. The van der Waals surface area contributed by atoms with Gasteiger partial charge in [-0.1, -0.05) is 12.1 Å². The van der Waals surface area contributed by atoms with E-state index in [-0.39, 0.29) is 12.0 Å². The lowest BCUT2D eigenvalue weighted by Crippen LogP contribution is -2.14. The lowest BCUT2D eigenvalue weighted by atomic mass is 10.2. The Balaban J connectivity index is 1.65. The summed E-state index contributed by atoms with van der Waals surface area (Å²) >= 11 is 0. The van der Waals surface area contributed by atoms with Gasteiger partial charge in [0.1, 0.15) is 5.75 Å². The van der Waals surface area contributed by atoms with Gasteiger partial charge >= 0.3 is 0 Å². The summed E-state index contributed by atoms with van der Waals surface area (Å²) in [6, 6.07) is 7.53. The molecule has 0 saturated heterocycles. The van der Waals surface area contributed by atoms with Gasteiger partial charge in [0, 0.05) is 18.5 Å². The fraction of sp³-hybridized carbons (Fsp3) is 0.278. The number of rotatable bonds is 5. The summed E-state index contributed by atoms with van der Waals surface area (Å²) in [6.45, 7) is 0. The minimum absolute atomic E-state index is 0.224. The molecule has 118 valence electrons. The van der Waals surface area contributed by atoms with Crippen LogP contribution >= 0.6 is 0 Å². The van der Waals surface area contributed by atoms with Gasteiger partial charge in [-0.2, -0.15) is 0 Å². The number of nitrogens with zero attached hydrogens (tertiary/aromatic N) is 2. The first-order valence-corrected chi connectivity index (χ1v) is 7.82. The molecule has 1 aromatic carbocycles. The highest BCUT2D eigenvalue weighted by Crippen LogP contribution is 2.29. The molecule has 0 spiro atoms. The number of benzene rings is 1. The molecule has 0 bridgehead atoms. The largest absolute Gasteiger partial charge is 0.488 e. The van der Waals surface area contributed by atoms with E-state index < -0.39 is 0 Å². The Morgan fingerprint density at radius 1 is 1.22 bits per heavy atom. The summed E-state index contributed by atoms with van der Waals surface area (Å²) in [5.41, 5.74) is 1.33. The minimum atomic E-state index is -0.224. The second-order valence-electron chi connectivity index (χ2n) is 5.47. The van der Waals surface area contributed by atoms with Crippen LogP contribution in [0.2, 0.25) is 0 Å². The van der Waals surface area contributed by atoms with Gasteiger partial charge in [-0.05, 0) is 43.9 Å². The van der Waals surface area contributed by atoms with E-state index in [2.05, 4.69) is 15.3 Å². The van der Waals surface area contributed by atoms with Crippen molar-refractivity contribution in [1.29, 1.82) is 0 Å². The Hall–Kier alpha value is -2.69. The summed E-state index contributed by atoms with van der Waals surface area (Å²) in [5, 5.41) is 2.86. The van der Waals surface area contributed by atoms with E-state index in [9.17, 15) is 4.79 Å². The number of carbonyl (C=O) groups is 1. The summed E-state index contributed by atoms with van der Waals surface area (Å²) in [5.74, 6) is 0.499. The van der Waals surface area contributed by atoms with Crippen LogP contribution in [0.1, 0.15) is 31.4 Å². The number of ether oxygens (including phenoxy) is 1. The number of para-hydroxylation sites is 2. The number of amides is 1. The molecule has 1 amide bonds. The standard InChI is InChI=1S/C18H19N3O2/c22-18(10-9-14-13-19-11-12-20-14)21-16-7-3-4-8-17(16)23-15-5-1-2-6-15/h3-4,7-13,15H,1-2,5-6H2,(H,21,22). The van der Waals surface area contributed by atoms with Crippen LogP contribution in [0, 0.1) is 0 Å². The van der Waals surface area contributed by atoms with Crippen molar-refractivity contribution in [2.45, 2.75) is 31.8 Å². The molecule has 1 N–H and O–H groups in total. The maximum Gasteiger partial charge on any atom is 0.248 e. The van der Waals surface area contributed by atoms with Crippen LogP contribution in [0.5, 0.6) is 5.75 Å². The average Bonchev–Trinajstić information content (AvgIpc) is 3.09. The predicted octanol–water partition coefficient (Wildman–Crippen LogP) is 3.45. The molecule has 0 radical (unpaired) electrons. The second kappa shape index (κ2) is 7.54. The van der Waals surface area contributed by atoms with Crippen molar-refractivity contribution >= 4 is 17.7 Å². The molecule has 1 aliphatic rings. The zero-order chi connectivity index (χ0) is 15.9. The van der Waals surface area contributed by atoms with E-state index in [0.29, 0.717) is 11.4 Å². The predicted molar refractivity (Wildman–Crippen MR) is 89.0 cm³/mol. The van der Waals surface area contributed by atoms with Crippen LogP contribution in [0.15, 0.2) is 48.9 Å². The number of anilines is 1. The van der Waals surface area contributed by atoms with Crippen LogP contribution in [-0.4, -0.2) is 22.0 Å². The number of aromatic nitrogens is 2. The summed E-state index contributed by atoms with van der Waals surface area (Å²) in [6.07, 6.45) is 12.7. The molecule has 3 rings (SSSR count). The molecule has 5 heteroatoms. The van der Waals surface area contributed by atoms with E-state index in [4.69, 9.17) is 4.74 Å². The molecule has 5 nitrogen and oxygen atoms in total. The first kappa shape index (κ1) is 15.2. The number of carbonyl (C=O) groups excluding carboxylic acids is 1. The highest BCUT2D eigenvalue weighted by molar-refractivity contribution is 6.02. The van der Waals surface area contributed by atoms with Crippen LogP contribution in [0.25, 0.3) is 6.08 Å². The Bertz CT molecular complexity index is 680. The number of nitrogens with one attached hydrogen (secondary N) is 1. The highest BCUT2D eigenvalue weighted by Gasteiger charge is 2.18. The number of hydrogen-bond donors (Lipinski definition) is 1. The molecule has 0 atom stereocenters. The molecule has 0 aliphatic heterocycles. The third kappa shape index (κ3) is 4.39. The molecule has 1 saturated carbocycles. The first-order valence-electron chi connectivity index (χ1n) is 7.82. The molecule has 1 aliphatic carbocycles. The van der Waals surface area contributed by atoms with Gasteiger partial charge in [-0.25, -0.2) is 0 Å². The highest BCUT2D eigenvalue weighted by atomic mass is 16.5. The molecule has 0 unspecified atom stereocenters. The summed E-state index contributed by atoms with van der Waals surface area (Å²) in [4.78, 5) is 20.1. The van der Waals surface area contributed by atoms with Crippen molar-refractivity contribution in [1.82, 2.24) is 9.97 Å². The lowest BCUT2D eigenvalue weighted by Gasteiger charge is -2.16. The maximum atomic E-state index is 12.1. The molecule has 1 aromatic heterocycles. The molecule has 2 aromatic rings. The van der Waals surface area contributed by atoms with Crippen LogP contribution < -0.4 is 10.1 Å². The van der Waals surface area contributed by atoms with Crippen LogP contribution in [-0.2, 0) is 4.79 Å². The fourth-order valence-electron chi connectivity index (χ4n) is 2.59. The van der Waals surface area contributed by atoms with Gasteiger partial charge < -0.3 is 10.1 Å². The van der Waals surface area contributed by atoms with E-state index in [1.54, 1.807) is 24.7 Å². The third-order valence-electron chi connectivity index (χ3n) is 3.73. The summed E-state index contributed by atoms with van der Waals surface area (Å²) < 4.78 is 6.01. The van der Waals surface area contributed by atoms with Crippen LogP contribution in [0.4, 0.5) is 5.69 Å². The first-order chi connectivity index (χ1) is 11.3. The van der Waals surface area contributed by atoms with Crippen molar-refractivity contribution in [3.8, 4) is 5.75 Å². The van der Waals surface area contributed by atoms with Gasteiger partial charge in [0.05, 0.1) is 23.7 Å². The van der Waals surface area contributed by atoms with E-state index in [1.807, 2.05) is 24.3 Å². The summed E-state index contributed by atoms with van der Waals surface area (Å²) in [7, 11) is 0. The van der Waals surface area contributed by atoms with Crippen molar-refractivity contribution in [2.75, 3.05) is 5.32 Å². The molecule has 1 heterocycles. The van der Waals surface area contributed by atoms with E-state index >= 15 is 0 Å². The van der Waals surface area contributed by atoms with E-state index in [1.165, 1.54) is 18.9 Å². The second-order valence-corrected chi connectivity index (χ2v) is 5.47. The van der Waals surface area contributed by atoms with Gasteiger partial charge in [-0.15, -0.1) is 0 Å².